The van der Waals surface area contributed by atoms with Crippen LogP contribution in [-0.2, 0) is 25.6 Å². The lowest BCUT2D eigenvalue weighted by atomic mass is 9.85. The number of ether oxygens (including phenoxy) is 5. The monoisotopic (exact) mass is 583 g/mol. The quantitative estimate of drug-likeness (QED) is 0.312. The number of hydrogen-bond donors (Lipinski definition) is 1. The third kappa shape index (κ3) is 8.37. The Morgan fingerprint density at radius 3 is 2.57 bits per heavy atom. The Hall–Kier alpha value is -2.85. The number of hydrogen-bond acceptors (Lipinski definition) is 8. The predicted octanol–water partition coefficient (Wildman–Crippen LogP) is 4.23. The zero-order valence-electron chi connectivity index (χ0n) is 26.0. The molecule has 2 aliphatic rings. The summed E-state index contributed by atoms with van der Waals surface area (Å²) in [5.41, 5.74) is 3.38. The fourth-order valence-electron chi connectivity index (χ4n) is 5.97. The van der Waals surface area contributed by atoms with Crippen LogP contribution in [0.3, 0.4) is 0 Å². The number of carbonyl (C=O) groups is 1. The lowest BCUT2D eigenvalue weighted by molar-refractivity contribution is -0.133. The van der Waals surface area contributed by atoms with E-state index in [-0.39, 0.29) is 30.1 Å². The van der Waals surface area contributed by atoms with Crippen molar-refractivity contribution >= 4 is 11.6 Å². The van der Waals surface area contributed by atoms with Gasteiger partial charge < -0.3 is 38.8 Å². The van der Waals surface area contributed by atoms with Gasteiger partial charge in [-0.25, -0.2) is 0 Å². The number of anilines is 1. The van der Waals surface area contributed by atoms with Gasteiger partial charge in [-0.15, -0.1) is 0 Å². The number of nitrogens with zero attached hydrogens (tertiary/aromatic N) is 2. The van der Waals surface area contributed by atoms with Crippen molar-refractivity contribution in [2.24, 2.45) is 0 Å². The number of rotatable bonds is 15. The van der Waals surface area contributed by atoms with E-state index in [1.807, 2.05) is 17.0 Å². The summed E-state index contributed by atoms with van der Waals surface area (Å²) < 4.78 is 29.8. The van der Waals surface area contributed by atoms with Gasteiger partial charge in [0.15, 0.2) is 0 Å². The number of fused-ring (bicyclic) bond motifs is 1. The second-order valence-corrected chi connectivity index (χ2v) is 11.2. The van der Waals surface area contributed by atoms with Crippen LogP contribution in [-0.4, -0.2) is 95.8 Å². The van der Waals surface area contributed by atoms with E-state index < -0.39 is 0 Å². The molecule has 2 aromatic carbocycles. The largest absolute Gasteiger partial charge is 0.497 e. The molecule has 1 fully saturated rings. The average Bonchev–Trinajstić information content (AvgIpc) is 3.01. The molecular formula is C33H49N3O6. The van der Waals surface area contributed by atoms with Gasteiger partial charge in [0.05, 0.1) is 50.8 Å². The lowest BCUT2D eigenvalue weighted by Gasteiger charge is -2.40. The van der Waals surface area contributed by atoms with Gasteiger partial charge in [0, 0.05) is 52.7 Å². The van der Waals surface area contributed by atoms with Crippen molar-refractivity contribution in [3.63, 3.8) is 0 Å². The first-order valence-electron chi connectivity index (χ1n) is 15.3. The fourth-order valence-corrected chi connectivity index (χ4v) is 5.97. The molecule has 0 aromatic heterocycles. The van der Waals surface area contributed by atoms with Gasteiger partial charge in [0.1, 0.15) is 18.1 Å². The summed E-state index contributed by atoms with van der Waals surface area (Å²) in [6, 6.07) is 14.5. The van der Waals surface area contributed by atoms with Crippen molar-refractivity contribution in [1.29, 1.82) is 0 Å². The third-order valence-corrected chi connectivity index (χ3v) is 8.17. The minimum Gasteiger partial charge on any atom is -0.497 e. The highest BCUT2D eigenvalue weighted by molar-refractivity contribution is 5.73. The molecule has 1 saturated heterocycles. The second-order valence-electron chi connectivity index (χ2n) is 11.2. The number of benzene rings is 2. The molecule has 0 unspecified atom stereocenters. The van der Waals surface area contributed by atoms with Gasteiger partial charge >= 0.3 is 0 Å². The first kappa shape index (κ1) is 32.1. The molecule has 1 amide bonds. The Kier molecular flexibility index (Phi) is 12.3. The van der Waals surface area contributed by atoms with Crippen LogP contribution in [0, 0.1) is 0 Å². The Bertz CT molecular complexity index is 1110. The van der Waals surface area contributed by atoms with E-state index in [9.17, 15) is 4.79 Å². The molecule has 0 saturated carbocycles. The van der Waals surface area contributed by atoms with Crippen molar-refractivity contribution in [2.75, 3.05) is 71.7 Å². The maximum absolute atomic E-state index is 12.2. The van der Waals surface area contributed by atoms with E-state index in [2.05, 4.69) is 54.4 Å². The molecular weight excluding hydrogens is 534 g/mol. The summed E-state index contributed by atoms with van der Waals surface area (Å²) in [5, 5.41) is 3.53. The van der Waals surface area contributed by atoms with E-state index in [4.69, 9.17) is 23.7 Å². The predicted molar refractivity (Wildman–Crippen MR) is 165 cm³/mol. The van der Waals surface area contributed by atoms with Crippen molar-refractivity contribution in [2.45, 2.75) is 64.4 Å². The summed E-state index contributed by atoms with van der Waals surface area (Å²) >= 11 is 0. The highest BCUT2D eigenvalue weighted by Crippen LogP contribution is 2.35. The number of carbonyl (C=O) groups excluding carboxylic acids is 1. The van der Waals surface area contributed by atoms with Crippen LogP contribution >= 0.6 is 0 Å². The minimum absolute atomic E-state index is 0.00943. The maximum Gasteiger partial charge on any atom is 0.219 e. The van der Waals surface area contributed by atoms with Crippen molar-refractivity contribution in [3.8, 4) is 11.5 Å². The standard InChI is InChI=1S/C33H49N3O6/c1-6-14-36(25(3)37)24(2)22-41-31-20-34-21-32(33(31)27-9-11-28(39-5)12-10-27)42-23-26-8-13-30-29(19-26)35(16-18-40-30)15-7-17-38-4/h8-13,19,24,31-34H,6-7,14-18,20-23H2,1-5H3/t24-,31-,32+,33+/m1/s1. The van der Waals surface area contributed by atoms with Crippen LogP contribution in [0.5, 0.6) is 11.5 Å². The Balaban J connectivity index is 1.49. The average molecular weight is 584 g/mol. The highest BCUT2D eigenvalue weighted by atomic mass is 16.5. The molecule has 2 aliphatic heterocycles. The number of methoxy groups -OCH3 is 2. The third-order valence-electron chi connectivity index (χ3n) is 8.17. The topological polar surface area (TPSA) is 81.7 Å². The molecule has 9 nitrogen and oxygen atoms in total. The first-order valence-corrected chi connectivity index (χ1v) is 15.3. The van der Waals surface area contributed by atoms with Crippen LogP contribution in [0.4, 0.5) is 5.69 Å². The zero-order chi connectivity index (χ0) is 29.9. The van der Waals surface area contributed by atoms with E-state index in [0.717, 1.165) is 73.9 Å². The Labute approximate surface area is 251 Å². The van der Waals surface area contributed by atoms with Crippen LogP contribution in [0.2, 0.25) is 0 Å². The van der Waals surface area contributed by atoms with Crippen molar-refractivity contribution < 1.29 is 28.5 Å². The summed E-state index contributed by atoms with van der Waals surface area (Å²) in [5.74, 6) is 1.84. The summed E-state index contributed by atoms with van der Waals surface area (Å²) in [4.78, 5) is 16.5. The van der Waals surface area contributed by atoms with Crippen LogP contribution in [0.15, 0.2) is 42.5 Å². The molecule has 232 valence electrons. The maximum atomic E-state index is 12.2. The molecule has 2 heterocycles. The van der Waals surface area contributed by atoms with Gasteiger partial charge in [-0.2, -0.15) is 0 Å². The SMILES string of the molecule is CCCN(C(C)=O)[C@H](C)CO[C@@H]1CNC[C@H](OCc2ccc3c(c2)N(CCCOC)CCO3)[C@H]1c1ccc(OC)cc1. The van der Waals surface area contributed by atoms with Crippen molar-refractivity contribution in [3.05, 3.63) is 53.6 Å². The zero-order valence-corrected chi connectivity index (χ0v) is 26.0. The molecule has 0 bridgehead atoms. The first-order chi connectivity index (χ1) is 20.4. The molecule has 0 aliphatic carbocycles. The highest BCUT2D eigenvalue weighted by Gasteiger charge is 2.37. The molecule has 9 heteroatoms. The number of amides is 1. The molecule has 1 N–H and O–H groups in total. The van der Waals surface area contributed by atoms with E-state index in [1.165, 1.54) is 0 Å². The molecule has 4 atom stereocenters. The van der Waals surface area contributed by atoms with Gasteiger partial charge in [-0.3, -0.25) is 4.79 Å². The van der Waals surface area contributed by atoms with E-state index >= 15 is 0 Å². The van der Waals surface area contributed by atoms with Gasteiger partial charge in [0.25, 0.3) is 0 Å². The van der Waals surface area contributed by atoms with Crippen LogP contribution < -0.4 is 19.7 Å². The normalized spacial score (nSPS) is 20.9. The minimum atomic E-state index is -0.108. The summed E-state index contributed by atoms with van der Waals surface area (Å²) in [6.45, 7) is 12.1. The summed E-state index contributed by atoms with van der Waals surface area (Å²) in [7, 11) is 3.42. The van der Waals surface area contributed by atoms with Gasteiger partial charge in [-0.05, 0) is 55.2 Å². The van der Waals surface area contributed by atoms with Crippen molar-refractivity contribution in [1.82, 2.24) is 10.2 Å². The van der Waals surface area contributed by atoms with Gasteiger partial charge in [0.2, 0.25) is 5.91 Å². The molecule has 2 aromatic rings. The van der Waals surface area contributed by atoms with Gasteiger partial charge in [-0.1, -0.05) is 25.1 Å². The lowest BCUT2D eigenvalue weighted by Crippen LogP contribution is -2.52. The smallest absolute Gasteiger partial charge is 0.219 e. The Morgan fingerprint density at radius 1 is 1.12 bits per heavy atom. The van der Waals surface area contributed by atoms with E-state index in [0.29, 0.717) is 26.4 Å². The number of nitrogens with one attached hydrogen (secondary N) is 1. The molecule has 42 heavy (non-hydrogen) atoms. The fraction of sp³-hybridized carbons (Fsp3) is 0.606. The van der Waals surface area contributed by atoms with Crippen LogP contribution in [0.25, 0.3) is 0 Å². The van der Waals surface area contributed by atoms with Crippen LogP contribution in [0.1, 0.15) is 50.7 Å². The summed E-state index contributed by atoms with van der Waals surface area (Å²) in [6.07, 6.45) is 1.68. The number of piperidine rings is 1. The second kappa shape index (κ2) is 16.1. The Morgan fingerprint density at radius 2 is 1.88 bits per heavy atom. The molecule has 0 spiro atoms. The molecule has 4 rings (SSSR count). The van der Waals surface area contributed by atoms with E-state index in [1.54, 1.807) is 21.1 Å². The molecule has 0 radical (unpaired) electrons.